The Morgan fingerprint density at radius 3 is 2.92 bits per heavy atom. The van der Waals surface area contributed by atoms with Crippen LogP contribution < -0.4 is 0 Å². The molecule has 1 aliphatic heterocycles. The second kappa shape index (κ2) is 3.19. The number of nitrogens with zero attached hydrogens (tertiary/aromatic N) is 1. The van der Waals surface area contributed by atoms with Crippen LogP contribution in [0.1, 0.15) is 19.3 Å². The number of ether oxygens (including phenoxy) is 1. The molecule has 1 saturated heterocycles. The van der Waals surface area contributed by atoms with Crippen molar-refractivity contribution in [3.8, 4) is 0 Å². The molecule has 1 saturated carbocycles. The van der Waals surface area contributed by atoms with E-state index in [9.17, 15) is 0 Å². The van der Waals surface area contributed by atoms with Gasteiger partial charge in [0.25, 0.3) is 0 Å². The molecule has 2 aliphatic rings. The molecule has 0 aromatic heterocycles. The van der Waals surface area contributed by atoms with Crippen molar-refractivity contribution in [1.29, 1.82) is 0 Å². The summed E-state index contributed by atoms with van der Waals surface area (Å²) in [4.78, 5) is 2.53. The van der Waals surface area contributed by atoms with Crippen LogP contribution in [0.4, 0.5) is 0 Å². The second-order valence-electron chi connectivity index (χ2n) is 3.87. The molecule has 2 rings (SSSR count). The van der Waals surface area contributed by atoms with Gasteiger partial charge in [-0.25, -0.2) is 0 Å². The van der Waals surface area contributed by atoms with Gasteiger partial charge in [-0.05, 0) is 19.3 Å². The Balaban J connectivity index is 2.01. The lowest BCUT2D eigenvalue weighted by Gasteiger charge is -2.52. The van der Waals surface area contributed by atoms with Gasteiger partial charge in [-0.2, -0.15) is 0 Å². The molecule has 1 spiro atoms. The summed E-state index contributed by atoms with van der Waals surface area (Å²) in [6, 6.07) is 0. The van der Waals surface area contributed by atoms with Crippen LogP contribution in [0.3, 0.4) is 0 Å². The summed E-state index contributed by atoms with van der Waals surface area (Å²) in [7, 11) is 0. The molecule has 0 bridgehead atoms. The lowest BCUT2D eigenvalue weighted by Crippen LogP contribution is -2.60. The van der Waals surface area contributed by atoms with Crippen LogP contribution in [0.2, 0.25) is 0 Å². The molecule has 0 N–H and O–H groups in total. The quantitative estimate of drug-likeness (QED) is 0.577. The first-order chi connectivity index (χ1) is 5.87. The Bertz CT molecular complexity index is 175. The van der Waals surface area contributed by atoms with Gasteiger partial charge in [0.05, 0.1) is 13.2 Å². The van der Waals surface area contributed by atoms with Crippen molar-refractivity contribution >= 4 is 0 Å². The SMILES string of the molecule is C=CCN1CCOCC12CCC2. The minimum absolute atomic E-state index is 0.409. The molecule has 0 aromatic rings. The van der Waals surface area contributed by atoms with Gasteiger partial charge in [-0.3, -0.25) is 4.90 Å². The lowest BCUT2D eigenvalue weighted by molar-refractivity contribution is -0.101. The predicted molar refractivity (Wildman–Crippen MR) is 49.2 cm³/mol. The van der Waals surface area contributed by atoms with Crippen LogP contribution in [0, 0.1) is 0 Å². The summed E-state index contributed by atoms with van der Waals surface area (Å²) in [6.07, 6.45) is 6.02. The van der Waals surface area contributed by atoms with Crippen molar-refractivity contribution in [2.45, 2.75) is 24.8 Å². The van der Waals surface area contributed by atoms with Gasteiger partial charge in [0, 0.05) is 18.6 Å². The highest BCUT2D eigenvalue weighted by Crippen LogP contribution is 2.39. The Labute approximate surface area is 74.2 Å². The fourth-order valence-corrected chi connectivity index (χ4v) is 2.25. The van der Waals surface area contributed by atoms with Crippen molar-refractivity contribution < 1.29 is 4.74 Å². The van der Waals surface area contributed by atoms with Gasteiger partial charge in [-0.1, -0.05) is 6.08 Å². The first kappa shape index (κ1) is 8.27. The maximum absolute atomic E-state index is 5.53. The van der Waals surface area contributed by atoms with Crippen LogP contribution in [0.25, 0.3) is 0 Å². The fraction of sp³-hybridized carbons (Fsp3) is 0.800. The maximum Gasteiger partial charge on any atom is 0.0651 e. The third-order valence-electron chi connectivity index (χ3n) is 3.18. The van der Waals surface area contributed by atoms with E-state index in [0.717, 1.165) is 26.3 Å². The third kappa shape index (κ3) is 1.19. The van der Waals surface area contributed by atoms with E-state index < -0.39 is 0 Å². The number of hydrogen-bond acceptors (Lipinski definition) is 2. The Morgan fingerprint density at radius 2 is 2.33 bits per heavy atom. The zero-order valence-corrected chi connectivity index (χ0v) is 7.59. The molecule has 68 valence electrons. The van der Waals surface area contributed by atoms with Gasteiger partial charge in [0.15, 0.2) is 0 Å². The van der Waals surface area contributed by atoms with E-state index in [-0.39, 0.29) is 0 Å². The molecular weight excluding hydrogens is 150 g/mol. The van der Waals surface area contributed by atoms with E-state index >= 15 is 0 Å². The molecule has 2 heteroatoms. The van der Waals surface area contributed by atoms with Crippen molar-refractivity contribution in [2.75, 3.05) is 26.3 Å². The smallest absolute Gasteiger partial charge is 0.0651 e. The van der Waals surface area contributed by atoms with E-state index in [1.807, 2.05) is 6.08 Å². The molecule has 0 unspecified atom stereocenters. The monoisotopic (exact) mass is 167 g/mol. The second-order valence-corrected chi connectivity index (χ2v) is 3.87. The summed E-state index contributed by atoms with van der Waals surface area (Å²) < 4.78 is 5.53. The van der Waals surface area contributed by atoms with Crippen molar-refractivity contribution in [3.63, 3.8) is 0 Å². The fourth-order valence-electron chi connectivity index (χ4n) is 2.25. The molecule has 0 atom stereocenters. The Kier molecular flexibility index (Phi) is 2.20. The summed E-state index contributed by atoms with van der Waals surface area (Å²) in [6.45, 7) is 7.76. The molecule has 2 nitrogen and oxygen atoms in total. The summed E-state index contributed by atoms with van der Waals surface area (Å²) in [5.41, 5.74) is 0.409. The normalized spacial score (nSPS) is 28.3. The minimum Gasteiger partial charge on any atom is -0.378 e. The van der Waals surface area contributed by atoms with Crippen LogP contribution >= 0.6 is 0 Å². The zero-order valence-electron chi connectivity index (χ0n) is 7.59. The number of rotatable bonds is 2. The van der Waals surface area contributed by atoms with Crippen LogP contribution in [0.5, 0.6) is 0 Å². The molecule has 2 fully saturated rings. The van der Waals surface area contributed by atoms with Crippen LogP contribution in [0.15, 0.2) is 12.7 Å². The predicted octanol–water partition coefficient (Wildman–Crippen LogP) is 1.43. The van der Waals surface area contributed by atoms with Gasteiger partial charge < -0.3 is 4.74 Å². The first-order valence-corrected chi connectivity index (χ1v) is 4.81. The topological polar surface area (TPSA) is 12.5 Å². The molecule has 1 aliphatic carbocycles. The molecule has 12 heavy (non-hydrogen) atoms. The Morgan fingerprint density at radius 1 is 1.50 bits per heavy atom. The Hall–Kier alpha value is -0.340. The highest BCUT2D eigenvalue weighted by molar-refractivity contribution is 5.01. The maximum atomic E-state index is 5.53. The van der Waals surface area contributed by atoms with Gasteiger partial charge in [0.1, 0.15) is 0 Å². The molecule has 0 amide bonds. The van der Waals surface area contributed by atoms with Crippen LogP contribution in [-0.2, 0) is 4.74 Å². The molecule has 0 aromatic carbocycles. The highest BCUT2D eigenvalue weighted by atomic mass is 16.5. The average molecular weight is 167 g/mol. The van der Waals surface area contributed by atoms with E-state index in [1.54, 1.807) is 0 Å². The largest absolute Gasteiger partial charge is 0.378 e. The van der Waals surface area contributed by atoms with Crippen molar-refractivity contribution in [3.05, 3.63) is 12.7 Å². The summed E-state index contributed by atoms with van der Waals surface area (Å²) in [5, 5.41) is 0. The number of hydrogen-bond donors (Lipinski definition) is 0. The van der Waals surface area contributed by atoms with Crippen molar-refractivity contribution in [1.82, 2.24) is 4.90 Å². The van der Waals surface area contributed by atoms with Gasteiger partial charge in [-0.15, -0.1) is 6.58 Å². The van der Waals surface area contributed by atoms with Gasteiger partial charge >= 0.3 is 0 Å². The van der Waals surface area contributed by atoms with Gasteiger partial charge in [0.2, 0.25) is 0 Å². The van der Waals surface area contributed by atoms with E-state index in [2.05, 4.69) is 11.5 Å². The minimum atomic E-state index is 0.409. The molecule has 0 radical (unpaired) electrons. The van der Waals surface area contributed by atoms with E-state index in [0.29, 0.717) is 5.54 Å². The molecule has 1 heterocycles. The molecular formula is C10H17NO. The van der Waals surface area contributed by atoms with Crippen molar-refractivity contribution in [2.24, 2.45) is 0 Å². The highest BCUT2D eigenvalue weighted by Gasteiger charge is 2.43. The lowest BCUT2D eigenvalue weighted by atomic mass is 9.75. The standard InChI is InChI=1S/C10H17NO/c1-2-6-11-7-8-12-9-10(11)4-3-5-10/h2H,1,3-9H2. The van der Waals surface area contributed by atoms with E-state index in [4.69, 9.17) is 4.74 Å². The zero-order chi connectivity index (χ0) is 8.44. The summed E-state index contributed by atoms with van der Waals surface area (Å²) in [5.74, 6) is 0. The third-order valence-corrected chi connectivity index (χ3v) is 3.18. The average Bonchev–Trinajstić information content (AvgIpc) is 2.03. The first-order valence-electron chi connectivity index (χ1n) is 4.81. The van der Waals surface area contributed by atoms with E-state index in [1.165, 1.54) is 19.3 Å². The van der Waals surface area contributed by atoms with Crippen LogP contribution in [-0.4, -0.2) is 36.7 Å². The number of morpholine rings is 1. The summed E-state index contributed by atoms with van der Waals surface area (Å²) >= 11 is 0.